The summed E-state index contributed by atoms with van der Waals surface area (Å²) in [5, 5.41) is 22.8. The zero-order valence-electron chi connectivity index (χ0n) is 12.6. The minimum atomic E-state index is -3.17. The van der Waals surface area contributed by atoms with Crippen LogP contribution in [0.4, 0.5) is 11.4 Å². The number of hydrogen-bond donors (Lipinski definition) is 2. The first-order valence-corrected chi connectivity index (χ1v) is 8.77. The molecule has 126 valence electrons. The molecule has 1 amide bonds. The van der Waals surface area contributed by atoms with Crippen LogP contribution in [0.25, 0.3) is 0 Å². The normalized spacial score (nSPS) is 11.0. The maximum Gasteiger partial charge on any atom is 0.271 e. The standard InChI is InChI=1S/C15H14N2O6S/c1-24(22,23)9-10-2-4-11(5-3-10)15(19)16-13-8-12(17(20)21)6-7-14(13)18/h2-8,18H,9H2,1H3,(H,16,19). The van der Waals surface area contributed by atoms with Gasteiger partial charge in [-0.3, -0.25) is 14.9 Å². The van der Waals surface area contributed by atoms with E-state index < -0.39 is 20.7 Å². The van der Waals surface area contributed by atoms with Gasteiger partial charge >= 0.3 is 0 Å². The highest BCUT2D eigenvalue weighted by Crippen LogP contribution is 2.28. The molecule has 2 aromatic carbocycles. The number of benzene rings is 2. The molecule has 0 radical (unpaired) electrons. The summed E-state index contributed by atoms with van der Waals surface area (Å²) in [5.74, 6) is -1.03. The average Bonchev–Trinajstić information content (AvgIpc) is 2.48. The Morgan fingerprint density at radius 2 is 1.83 bits per heavy atom. The van der Waals surface area contributed by atoms with E-state index in [4.69, 9.17) is 0 Å². The highest BCUT2D eigenvalue weighted by atomic mass is 32.2. The average molecular weight is 350 g/mol. The van der Waals surface area contributed by atoms with E-state index in [0.29, 0.717) is 5.56 Å². The minimum Gasteiger partial charge on any atom is -0.506 e. The molecule has 24 heavy (non-hydrogen) atoms. The number of anilines is 1. The van der Waals surface area contributed by atoms with Gasteiger partial charge < -0.3 is 10.4 Å². The van der Waals surface area contributed by atoms with Crippen LogP contribution in [-0.4, -0.2) is 30.6 Å². The Labute approximate surface area is 137 Å². The molecule has 8 nitrogen and oxygen atoms in total. The number of nitro benzene ring substituents is 1. The Hall–Kier alpha value is -2.94. The molecule has 0 aliphatic heterocycles. The molecule has 0 saturated heterocycles. The van der Waals surface area contributed by atoms with Crippen LogP contribution >= 0.6 is 0 Å². The number of phenols is 1. The number of non-ortho nitro benzene ring substituents is 1. The fourth-order valence-electron chi connectivity index (χ4n) is 1.99. The van der Waals surface area contributed by atoms with E-state index in [1.807, 2.05) is 0 Å². The summed E-state index contributed by atoms with van der Waals surface area (Å²) in [5.41, 5.74) is 0.395. The lowest BCUT2D eigenvalue weighted by Crippen LogP contribution is -2.12. The minimum absolute atomic E-state index is 0.0885. The first-order chi connectivity index (χ1) is 11.2. The first-order valence-electron chi connectivity index (χ1n) is 6.71. The molecule has 2 rings (SSSR count). The number of rotatable bonds is 5. The summed E-state index contributed by atoms with van der Waals surface area (Å²) < 4.78 is 22.4. The predicted molar refractivity (Wildman–Crippen MR) is 87.7 cm³/mol. The van der Waals surface area contributed by atoms with Crippen LogP contribution in [0.3, 0.4) is 0 Å². The molecule has 0 heterocycles. The molecule has 9 heteroatoms. The number of nitro groups is 1. The van der Waals surface area contributed by atoms with Crippen molar-refractivity contribution in [2.75, 3.05) is 11.6 Å². The van der Waals surface area contributed by atoms with Crippen molar-refractivity contribution < 1.29 is 23.2 Å². The lowest BCUT2D eigenvalue weighted by molar-refractivity contribution is -0.384. The molecule has 0 atom stereocenters. The molecule has 2 N–H and O–H groups in total. The number of nitrogens with one attached hydrogen (secondary N) is 1. The zero-order chi connectivity index (χ0) is 17.9. The van der Waals surface area contributed by atoms with Crippen molar-refractivity contribution in [2.45, 2.75) is 5.75 Å². The molecule has 0 aliphatic carbocycles. The number of sulfone groups is 1. The van der Waals surface area contributed by atoms with Gasteiger partial charge in [-0.05, 0) is 23.8 Å². The Bertz CT molecular complexity index is 891. The van der Waals surface area contributed by atoms with Crippen LogP contribution in [0.2, 0.25) is 0 Å². The van der Waals surface area contributed by atoms with Crippen molar-refractivity contribution >= 4 is 27.1 Å². The van der Waals surface area contributed by atoms with E-state index in [1.54, 1.807) is 0 Å². The monoisotopic (exact) mass is 350 g/mol. The van der Waals surface area contributed by atoms with Gasteiger partial charge in [-0.25, -0.2) is 8.42 Å². The highest BCUT2D eigenvalue weighted by Gasteiger charge is 2.14. The third-order valence-electron chi connectivity index (χ3n) is 3.08. The number of aromatic hydroxyl groups is 1. The SMILES string of the molecule is CS(=O)(=O)Cc1ccc(C(=O)Nc2cc([N+](=O)[O-])ccc2O)cc1. The molecule has 2 aromatic rings. The predicted octanol–water partition coefficient (Wildman–Crippen LogP) is 2.10. The fourth-order valence-corrected chi connectivity index (χ4v) is 2.79. The molecule has 0 aromatic heterocycles. The summed E-state index contributed by atoms with van der Waals surface area (Å²) in [6.07, 6.45) is 1.11. The maximum atomic E-state index is 12.1. The summed E-state index contributed by atoms with van der Waals surface area (Å²) in [4.78, 5) is 22.2. The quantitative estimate of drug-likeness (QED) is 0.483. The van der Waals surface area contributed by atoms with Crippen molar-refractivity contribution in [3.8, 4) is 5.75 Å². The third-order valence-corrected chi connectivity index (χ3v) is 3.94. The lowest BCUT2D eigenvalue weighted by Gasteiger charge is -2.08. The second-order valence-corrected chi connectivity index (χ2v) is 7.32. The van der Waals surface area contributed by atoms with Crippen molar-refractivity contribution in [3.63, 3.8) is 0 Å². The second-order valence-electron chi connectivity index (χ2n) is 5.18. The van der Waals surface area contributed by atoms with Gasteiger partial charge in [0.1, 0.15) is 5.75 Å². The van der Waals surface area contributed by atoms with Crippen LogP contribution in [-0.2, 0) is 15.6 Å². The topological polar surface area (TPSA) is 127 Å². The van der Waals surface area contributed by atoms with Gasteiger partial charge in [-0.1, -0.05) is 12.1 Å². The number of carbonyl (C=O) groups excluding carboxylic acids is 1. The summed E-state index contributed by atoms with van der Waals surface area (Å²) >= 11 is 0. The Morgan fingerprint density at radius 3 is 2.38 bits per heavy atom. The first kappa shape index (κ1) is 17.4. The Morgan fingerprint density at radius 1 is 1.21 bits per heavy atom. The van der Waals surface area contributed by atoms with Crippen LogP contribution in [0.15, 0.2) is 42.5 Å². The number of hydrogen-bond acceptors (Lipinski definition) is 6. The van der Waals surface area contributed by atoms with Crippen molar-refractivity contribution in [2.24, 2.45) is 0 Å². The van der Waals surface area contributed by atoms with E-state index >= 15 is 0 Å². The molecule has 0 bridgehead atoms. The second kappa shape index (κ2) is 6.67. The fraction of sp³-hybridized carbons (Fsp3) is 0.133. The molecule has 0 spiro atoms. The van der Waals surface area contributed by atoms with Crippen LogP contribution in [0.5, 0.6) is 5.75 Å². The van der Waals surface area contributed by atoms with Gasteiger partial charge in [-0.15, -0.1) is 0 Å². The smallest absolute Gasteiger partial charge is 0.271 e. The van der Waals surface area contributed by atoms with Gasteiger partial charge in [0, 0.05) is 24.0 Å². The molecular formula is C15H14N2O6S. The van der Waals surface area contributed by atoms with Gasteiger partial charge in [-0.2, -0.15) is 0 Å². The molecular weight excluding hydrogens is 336 g/mol. The molecule has 0 aliphatic rings. The van der Waals surface area contributed by atoms with Crippen LogP contribution < -0.4 is 5.32 Å². The molecule has 0 fully saturated rings. The van der Waals surface area contributed by atoms with E-state index in [0.717, 1.165) is 24.5 Å². The van der Waals surface area contributed by atoms with Gasteiger partial charge in [0.25, 0.3) is 11.6 Å². The largest absolute Gasteiger partial charge is 0.506 e. The van der Waals surface area contributed by atoms with Crippen molar-refractivity contribution in [1.29, 1.82) is 0 Å². The number of amides is 1. The van der Waals surface area contributed by atoms with Crippen molar-refractivity contribution in [1.82, 2.24) is 0 Å². The summed E-state index contributed by atoms with van der Waals surface area (Å²) in [6.45, 7) is 0. The number of nitrogens with zero attached hydrogens (tertiary/aromatic N) is 1. The summed E-state index contributed by atoms with van der Waals surface area (Å²) in [6, 6.07) is 9.15. The number of carbonyl (C=O) groups is 1. The number of phenolic OH excluding ortho intramolecular Hbond substituents is 1. The Kier molecular flexibility index (Phi) is 4.84. The van der Waals surface area contributed by atoms with E-state index in [9.17, 15) is 28.4 Å². The van der Waals surface area contributed by atoms with E-state index in [2.05, 4.69) is 5.32 Å². The van der Waals surface area contributed by atoms with E-state index in [1.165, 1.54) is 24.3 Å². The van der Waals surface area contributed by atoms with Crippen LogP contribution in [0, 0.1) is 10.1 Å². The van der Waals surface area contributed by atoms with Crippen molar-refractivity contribution in [3.05, 3.63) is 63.7 Å². The third kappa shape index (κ3) is 4.53. The van der Waals surface area contributed by atoms with E-state index in [-0.39, 0.29) is 28.4 Å². The van der Waals surface area contributed by atoms with Gasteiger partial charge in [0.05, 0.1) is 16.4 Å². The zero-order valence-corrected chi connectivity index (χ0v) is 13.4. The molecule has 0 unspecified atom stereocenters. The molecule has 0 saturated carbocycles. The van der Waals surface area contributed by atoms with Crippen LogP contribution in [0.1, 0.15) is 15.9 Å². The Balaban J connectivity index is 2.18. The van der Waals surface area contributed by atoms with Gasteiger partial charge in [0.15, 0.2) is 9.84 Å². The van der Waals surface area contributed by atoms with Gasteiger partial charge in [0.2, 0.25) is 0 Å². The lowest BCUT2D eigenvalue weighted by atomic mass is 10.1. The highest BCUT2D eigenvalue weighted by molar-refractivity contribution is 7.89. The summed E-state index contributed by atoms with van der Waals surface area (Å²) in [7, 11) is -3.17. The maximum absolute atomic E-state index is 12.1.